The van der Waals surface area contributed by atoms with E-state index in [0.717, 1.165) is 12.1 Å². The minimum atomic E-state index is -0.343. The first kappa shape index (κ1) is 15.9. The summed E-state index contributed by atoms with van der Waals surface area (Å²) in [5.74, 6) is 1.09. The Morgan fingerprint density at radius 3 is 2.71 bits per heavy atom. The zero-order valence-corrected chi connectivity index (χ0v) is 12.6. The molecule has 2 rings (SSSR count). The third kappa shape index (κ3) is 4.02. The van der Waals surface area contributed by atoms with Crippen LogP contribution in [-0.2, 0) is 11.3 Å². The number of benzene rings is 1. The van der Waals surface area contributed by atoms with Crippen LogP contribution in [0.15, 0.2) is 18.2 Å². The number of nitrogens with zero attached hydrogens (tertiary/aromatic N) is 1. The van der Waals surface area contributed by atoms with E-state index < -0.39 is 0 Å². The molecule has 0 spiro atoms. The number of hydrogen-bond donors (Lipinski definition) is 1. The maximum Gasteiger partial charge on any atom is 0.272 e. The molecule has 1 aliphatic rings. The van der Waals surface area contributed by atoms with Crippen LogP contribution in [0.3, 0.4) is 0 Å². The summed E-state index contributed by atoms with van der Waals surface area (Å²) in [4.78, 5) is 10.6. The van der Waals surface area contributed by atoms with Crippen LogP contribution in [0.25, 0.3) is 0 Å². The van der Waals surface area contributed by atoms with Gasteiger partial charge in [0.05, 0.1) is 18.1 Å². The van der Waals surface area contributed by atoms with E-state index in [1.807, 2.05) is 6.07 Å². The summed E-state index contributed by atoms with van der Waals surface area (Å²) in [6, 6.07) is 5.14. The van der Waals surface area contributed by atoms with Gasteiger partial charge in [0.15, 0.2) is 0 Å². The van der Waals surface area contributed by atoms with Gasteiger partial charge in [0.25, 0.3) is 5.69 Å². The summed E-state index contributed by atoms with van der Waals surface area (Å²) in [6.45, 7) is 3.63. The first-order valence-electron chi connectivity index (χ1n) is 7.64. The van der Waals surface area contributed by atoms with Crippen molar-refractivity contribution in [2.24, 2.45) is 17.6 Å². The van der Waals surface area contributed by atoms with Crippen molar-refractivity contribution in [3.05, 3.63) is 39.4 Å². The normalized spacial score (nSPS) is 22.2. The fourth-order valence-corrected chi connectivity index (χ4v) is 3.16. The summed E-state index contributed by atoms with van der Waals surface area (Å²) >= 11 is 0. The maximum absolute atomic E-state index is 10.9. The molecule has 1 fully saturated rings. The van der Waals surface area contributed by atoms with E-state index in [4.69, 9.17) is 10.5 Å². The number of hydrogen-bond acceptors (Lipinski definition) is 4. The summed E-state index contributed by atoms with van der Waals surface area (Å²) < 4.78 is 5.83. The highest BCUT2D eigenvalue weighted by Crippen LogP contribution is 2.30. The summed E-state index contributed by atoms with van der Waals surface area (Å²) in [5.41, 5.74) is 7.57. The molecule has 1 aliphatic carbocycles. The van der Waals surface area contributed by atoms with Crippen LogP contribution in [0.4, 0.5) is 5.69 Å². The number of rotatable bonds is 6. The molecule has 0 bridgehead atoms. The van der Waals surface area contributed by atoms with Crippen molar-refractivity contribution in [2.75, 3.05) is 13.2 Å². The third-order valence-electron chi connectivity index (χ3n) is 4.57. The smallest absolute Gasteiger partial charge is 0.272 e. The van der Waals surface area contributed by atoms with Gasteiger partial charge in [-0.25, -0.2) is 0 Å². The third-order valence-corrected chi connectivity index (χ3v) is 4.57. The van der Waals surface area contributed by atoms with Crippen LogP contribution < -0.4 is 5.73 Å². The molecule has 0 aromatic heterocycles. The van der Waals surface area contributed by atoms with Gasteiger partial charge in [-0.05, 0) is 43.7 Å². The van der Waals surface area contributed by atoms with Crippen molar-refractivity contribution >= 4 is 5.69 Å². The molecule has 0 radical (unpaired) electrons. The van der Waals surface area contributed by atoms with Gasteiger partial charge in [-0.15, -0.1) is 0 Å². The minimum absolute atomic E-state index is 0.161. The molecular weight excluding hydrogens is 268 g/mol. The van der Waals surface area contributed by atoms with E-state index in [2.05, 4.69) is 0 Å². The quantitative estimate of drug-likeness (QED) is 0.645. The van der Waals surface area contributed by atoms with E-state index in [9.17, 15) is 10.1 Å². The highest BCUT2D eigenvalue weighted by molar-refractivity contribution is 5.44. The Kier molecular flexibility index (Phi) is 5.70. The van der Waals surface area contributed by atoms with Gasteiger partial charge in [0, 0.05) is 11.6 Å². The SMILES string of the molecule is Cc1c(COCC2CCCCC2CN)cccc1[N+](=O)[O-]. The molecule has 2 unspecified atom stereocenters. The Bertz CT molecular complexity index is 490. The van der Waals surface area contributed by atoms with E-state index in [-0.39, 0.29) is 10.6 Å². The van der Waals surface area contributed by atoms with Crippen molar-refractivity contribution in [2.45, 2.75) is 39.2 Å². The van der Waals surface area contributed by atoms with E-state index in [1.165, 1.54) is 31.7 Å². The molecule has 0 aliphatic heterocycles. The predicted molar refractivity (Wildman–Crippen MR) is 82.0 cm³/mol. The fourth-order valence-electron chi connectivity index (χ4n) is 3.16. The molecule has 5 nitrogen and oxygen atoms in total. The molecule has 116 valence electrons. The van der Waals surface area contributed by atoms with Crippen LogP contribution in [0.5, 0.6) is 0 Å². The largest absolute Gasteiger partial charge is 0.376 e. The summed E-state index contributed by atoms with van der Waals surface area (Å²) in [7, 11) is 0. The summed E-state index contributed by atoms with van der Waals surface area (Å²) in [5, 5.41) is 10.9. The monoisotopic (exact) mass is 292 g/mol. The van der Waals surface area contributed by atoms with Gasteiger partial charge >= 0.3 is 0 Å². The second-order valence-electron chi connectivity index (χ2n) is 5.87. The summed E-state index contributed by atoms with van der Waals surface area (Å²) in [6.07, 6.45) is 4.89. The van der Waals surface area contributed by atoms with Gasteiger partial charge in [-0.2, -0.15) is 0 Å². The van der Waals surface area contributed by atoms with E-state index >= 15 is 0 Å². The average molecular weight is 292 g/mol. The molecule has 21 heavy (non-hydrogen) atoms. The minimum Gasteiger partial charge on any atom is -0.376 e. The molecule has 2 N–H and O–H groups in total. The van der Waals surface area contributed by atoms with Crippen LogP contribution >= 0.6 is 0 Å². The lowest BCUT2D eigenvalue weighted by atomic mass is 9.80. The molecule has 1 aromatic carbocycles. The Morgan fingerprint density at radius 2 is 2.05 bits per heavy atom. The van der Waals surface area contributed by atoms with Gasteiger partial charge in [0.2, 0.25) is 0 Å². The zero-order valence-electron chi connectivity index (χ0n) is 12.6. The molecule has 5 heteroatoms. The molecular formula is C16H24N2O3. The Labute approximate surface area is 125 Å². The number of ether oxygens (including phenoxy) is 1. The number of nitro benzene ring substituents is 1. The van der Waals surface area contributed by atoms with E-state index in [1.54, 1.807) is 13.0 Å². The topological polar surface area (TPSA) is 78.4 Å². The van der Waals surface area contributed by atoms with Crippen molar-refractivity contribution < 1.29 is 9.66 Å². The Morgan fingerprint density at radius 1 is 1.33 bits per heavy atom. The van der Waals surface area contributed by atoms with Crippen LogP contribution in [0.2, 0.25) is 0 Å². The number of nitro groups is 1. The molecule has 0 heterocycles. The lowest BCUT2D eigenvalue weighted by Crippen LogP contribution is -2.29. The maximum atomic E-state index is 10.9. The lowest BCUT2D eigenvalue weighted by molar-refractivity contribution is -0.385. The van der Waals surface area contributed by atoms with Crippen molar-refractivity contribution in [3.8, 4) is 0 Å². The Hall–Kier alpha value is -1.46. The van der Waals surface area contributed by atoms with E-state index in [0.29, 0.717) is 30.6 Å². The van der Waals surface area contributed by atoms with Gasteiger partial charge in [0.1, 0.15) is 0 Å². The fraction of sp³-hybridized carbons (Fsp3) is 0.625. The highest BCUT2D eigenvalue weighted by atomic mass is 16.6. The predicted octanol–water partition coefficient (Wildman–Crippen LogP) is 3.18. The molecule has 0 saturated heterocycles. The van der Waals surface area contributed by atoms with Crippen LogP contribution in [-0.4, -0.2) is 18.1 Å². The van der Waals surface area contributed by atoms with Crippen molar-refractivity contribution in [3.63, 3.8) is 0 Å². The second-order valence-corrected chi connectivity index (χ2v) is 5.87. The number of nitrogens with two attached hydrogens (primary N) is 1. The molecule has 1 saturated carbocycles. The molecule has 1 aromatic rings. The van der Waals surface area contributed by atoms with Gasteiger partial charge in [-0.1, -0.05) is 25.0 Å². The van der Waals surface area contributed by atoms with Crippen LogP contribution in [0.1, 0.15) is 36.8 Å². The van der Waals surface area contributed by atoms with Crippen molar-refractivity contribution in [1.29, 1.82) is 0 Å². The average Bonchev–Trinajstić information content (AvgIpc) is 2.49. The van der Waals surface area contributed by atoms with Gasteiger partial charge in [-0.3, -0.25) is 10.1 Å². The zero-order chi connectivity index (χ0) is 15.2. The highest BCUT2D eigenvalue weighted by Gasteiger charge is 2.24. The Balaban J connectivity index is 1.91. The molecule has 0 amide bonds. The van der Waals surface area contributed by atoms with Crippen LogP contribution in [0, 0.1) is 28.9 Å². The first-order chi connectivity index (χ1) is 10.1. The van der Waals surface area contributed by atoms with Gasteiger partial charge < -0.3 is 10.5 Å². The first-order valence-corrected chi connectivity index (χ1v) is 7.64. The second kappa shape index (κ2) is 7.52. The molecule has 2 atom stereocenters. The van der Waals surface area contributed by atoms with Crippen molar-refractivity contribution in [1.82, 2.24) is 0 Å². The standard InChI is InChI=1S/C16H24N2O3/c1-12-14(7-4-8-16(12)18(19)20)10-21-11-15-6-3-2-5-13(15)9-17/h4,7-8,13,15H,2-3,5-6,9-11,17H2,1H3. The lowest BCUT2D eigenvalue weighted by Gasteiger charge is -2.30.